The lowest BCUT2D eigenvalue weighted by Gasteiger charge is -1.92. The van der Waals surface area contributed by atoms with Crippen LogP contribution in [0.15, 0.2) is 22.4 Å². The maximum Gasteiger partial charge on any atom is 0.133 e. The van der Waals surface area contributed by atoms with Gasteiger partial charge < -0.3 is 0 Å². The molecular weight excluding hydrogens is 217 g/mol. The summed E-state index contributed by atoms with van der Waals surface area (Å²) in [6, 6.07) is 6.77. The summed E-state index contributed by atoms with van der Waals surface area (Å²) in [5.74, 6) is -0.310. The Morgan fingerprint density at radius 2 is 2.21 bits per heavy atom. The van der Waals surface area contributed by atoms with Gasteiger partial charge in [0, 0.05) is 10.1 Å². The average Bonchev–Trinajstić information content (AvgIpc) is 2.61. The van der Waals surface area contributed by atoms with E-state index < -0.39 is 0 Å². The van der Waals surface area contributed by atoms with E-state index >= 15 is 0 Å². The first-order valence-corrected chi connectivity index (χ1v) is 5.96. The van der Waals surface area contributed by atoms with Crippen LogP contribution in [0.4, 0.5) is 4.39 Å². The van der Waals surface area contributed by atoms with E-state index in [1.165, 1.54) is 17.4 Å². The minimum absolute atomic E-state index is 0.310. The van der Waals surface area contributed by atoms with Crippen molar-refractivity contribution in [3.63, 3.8) is 0 Å². The van der Waals surface area contributed by atoms with Gasteiger partial charge in [0.1, 0.15) is 5.82 Å². The van der Waals surface area contributed by atoms with Crippen LogP contribution >= 0.6 is 23.1 Å². The van der Waals surface area contributed by atoms with Gasteiger partial charge >= 0.3 is 0 Å². The molecule has 0 N–H and O–H groups in total. The van der Waals surface area contributed by atoms with Gasteiger partial charge in [-0.05, 0) is 24.5 Å². The van der Waals surface area contributed by atoms with Crippen molar-refractivity contribution in [2.75, 3.05) is 6.26 Å². The van der Waals surface area contributed by atoms with E-state index in [2.05, 4.69) is 0 Å². The first kappa shape index (κ1) is 9.50. The number of nitriles is 1. The number of halogens is 1. The number of hydrogen-bond donors (Lipinski definition) is 0. The van der Waals surface area contributed by atoms with Crippen LogP contribution in [-0.2, 0) is 0 Å². The number of hydrogen-bond acceptors (Lipinski definition) is 3. The Labute approximate surface area is 89.2 Å². The third-order valence-corrected chi connectivity index (χ3v) is 4.04. The van der Waals surface area contributed by atoms with Crippen molar-refractivity contribution in [3.8, 4) is 6.07 Å². The van der Waals surface area contributed by atoms with Gasteiger partial charge in [-0.25, -0.2) is 4.39 Å². The van der Waals surface area contributed by atoms with Crippen LogP contribution < -0.4 is 0 Å². The average molecular weight is 223 g/mol. The highest BCUT2D eigenvalue weighted by Crippen LogP contribution is 2.33. The van der Waals surface area contributed by atoms with E-state index in [-0.39, 0.29) is 5.82 Å². The van der Waals surface area contributed by atoms with Crippen LogP contribution in [0, 0.1) is 17.1 Å². The molecule has 0 fully saturated rings. The molecule has 1 aromatic carbocycles. The summed E-state index contributed by atoms with van der Waals surface area (Å²) < 4.78 is 15.3. The molecule has 4 heteroatoms. The SMILES string of the molecule is CSc1cc2c(F)cc(C#N)cc2s1. The normalized spacial score (nSPS) is 10.4. The largest absolute Gasteiger partial charge is 0.206 e. The lowest BCUT2D eigenvalue weighted by Crippen LogP contribution is -1.78. The van der Waals surface area contributed by atoms with E-state index in [4.69, 9.17) is 5.26 Å². The highest BCUT2D eigenvalue weighted by atomic mass is 32.2. The molecule has 70 valence electrons. The molecule has 0 atom stereocenters. The Kier molecular flexibility index (Phi) is 2.44. The zero-order valence-corrected chi connectivity index (χ0v) is 9.01. The van der Waals surface area contributed by atoms with Crippen LogP contribution in [0.2, 0.25) is 0 Å². The Morgan fingerprint density at radius 1 is 1.43 bits per heavy atom. The summed E-state index contributed by atoms with van der Waals surface area (Å²) >= 11 is 3.10. The van der Waals surface area contributed by atoms with Crippen molar-refractivity contribution < 1.29 is 4.39 Å². The molecule has 0 radical (unpaired) electrons. The molecule has 2 aromatic rings. The smallest absolute Gasteiger partial charge is 0.133 e. The summed E-state index contributed by atoms with van der Waals surface area (Å²) in [5, 5.41) is 9.28. The number of nitrogens with zero attached hydrogens (tertiary/aromatic N) is 1. The molecule has 2 rings (SSSR count). The first-order valence-electron chi connectivity index (χ1n) is 3.92. The van der Waals surface area contributed by atoms with Crippen molar-refractivity contribution in [3.05, 3.63) is 29.6 Å². The molecule has 1 nitrogen and oxygen atoms in total. The van der Waals surface area contributed by atoms with E-state index in [1.807, 2.05) is 18.4 Å². The van der Waals surface area contributed by atoms with Crippen molar-refractivity contribution in [1.29, 1.82) is 5.26 Å². The van der Waals surface area contributed by atoms with E-state index in [0.29, 0.717) is 10.9 Å². The molecule has 14 heavy (non-hydrogen) atoms. The third kappa shape index (κ3) is 1.49. The Bertz CT molecular complexity index is 525. The van der Waals surface area contributed by atoms with Gasteiger partial charge in [0.25, 0.3) is 0 Å². The zero-order chi connectivity index (χ0) is 10.1. The summed E-state index contributed by atoms with van der Waals surface area (Å²) in [5.41, 5.74) is 0.379. The molecule has 0 bridgehead atoms. The van der Waals surface area contributed by atoms with Crippen LogP contribution in [-0.4, -0.2) is 6.26 Å². The molecular formula is C10H6FNS2. The second kappa shape index (κ2) is 3.60. The Morgan fingerprint density at radius 3 is 2.86 bits per heavy atom. The fraction of sp³-hybridized carbons (Fsp3) is 0.100. The van der Waals surface area contributed by atoms with Crippen molar-refractivity contribution >= 4 is 33.2 Å². The quantitative estimate of drug-likeness (QED) is 0.689. The molecule has 0 amide bonds. The van der Waals surface area contributed by atoms with Crippen LogP contribution in [0.1, 0.15) is 5.56 Å². The molecule has 1 heterocycles. The second-order valence-corrected chi connectivity index (χ2v) is 4.94. The number of thiophene rings is 1. The van der Waals surface area contributed by atoms with Gasteiger partial charge in [-0.3, -0.25) is 0 Å². The molecule has 0 aliphatic carbocycles. The van der Waals surface area contributed by atoms with Crippen LogP contribution in [0.25, 0.3) is 10.1 Å². The molecule has 0 saturated heterocycles. The van der Waals surface area contributed by atoms with Gasteiger partial charge in [0.05, 0.1) is 15.8 Å². The van der Waals surface area contributed by atoms with Crippen LogP contribution in [0.3, 0.4) is 0 Å². The predicted octanol–water partition coefficient (Wildman–Crippen LogP) is 3.63. The van der Waals surface area contributed by atoms with Crippen molar-refractivity contribution in [2.45, 2.75) is 4.21 Å². The standard InChI is InChI=1S/C10H6FNS2/c1-13-10-4-7-8(11)2-6(5-12)3-9(7)14-10/h2-4H,1H3. The highest BCUT2D eigenvalue weighted by molar-refractivity contribution is 8.00. The Balaban J connectivity index is 2.75. The summed E-state index contributed by atoms with van der Waals surface area (Å²) in [7, 11) is 0. The molecule has 0 aliphatic heterocycles. The number of rotatable bonds is 1. The molecule has 0 unspecified atom stereocenters. The van der Waals surface area contributed by atoms with Crippen molar-refractivity contribution in [1.82, 2.24) is 0 Å². The molecule has 0 aliphatic rings. The van der Waals surface area contributed by atoms with E-state index in [9.17, 15) is 4.39 Å². The monoisotopic (exact) mass is 223 g/mol. The lowest BCUT2D eigenvalue weighted by molar-refractivity contribution is 0.639. The highest BCUT2D eigenvalue weighted by Gasteiger charge is 2.07. The summed E-state index contributed by atoms with van der Waals surface area (Å²) in [6.45, 7) is 0. The molecule has 0 spiro atoms. The van der Waals surface area contributed by atoms with Crippen molar-refractivity contribution in [2.24, 2.45) is 0 Å². The predicted molar refractivity (Wildman–Crippen MR) is 58.3 cm³/mol. The molecule has 1 aromatic heterocycles. The van der Waals surface area contributed by atoms with Gasteiger partial charge in [-0.2, -0.15) is 5.26 Å². The number of fused-ring (bicyclic) bond motifs is 1. The Hall–Kier alpha value is -1.05. The van der Waals surface area contributed by atoms with Crippen LogP contribution in [0.5, 0.6) is 0 Å². The minimum atomic E-state index is -0.310. The van der Waals surface area contributed by atoms with Gasteiger partial charge in [-0.15, -0.1) is 23.1 Å². The van der Waals surface area contributed by atoms with E-state index in [1.54, 1.807) is 17.8 Å². The fourth-order valence-corrected chi connectivity index (χ4v) is 2.92. The lowest BCUT2D eigenvalue weighted by atomic mass is 10.2. The minimum Gasteiger partial charge on any atom is -0.206 e. The summed E-state index contributed by atoms with van der Waals surface area (Å²) in [6.07, 6.45) is 1.95. The maximum absolute atomic E-state index is 13.4. The first-order chi connectivity index (χ1) is 6.74. The molecule has 0 saturated carbocycles. The number of thioether (sulfide) groups is 1. The van der Waals surface area contributed by atoms with E-state index in [0.717, 1.165) is 8.91 Å². The third-order valence-electron chi connectivity index (χ3n) is 1.89. The van der Waals surface area contributed by atoms with Gasteiger partial charge in [0.15, 0.2) is 0 Å². The zero-order valence-electron chi connectivity index (χ0n) is 7.37. The number of benzene rings is 1. The van der Waals surface area contributed by atoms with Gasteiger partial charge in [0.2, 0.25) is 0 Å². The fourth-order valence-electron chi connectivity index (χ4n) is 1.24. The van der Waals surface area contributed by atoms with Gasteiger partial charge in [-0.1, -0.05) is 0 Å². The summed E-state index contributed by atoms with van der Waals surface area (Å²) in [4.78, 5) is 0. The second-order valence-electron chi connectivity index (χ2n) is 2.75. The topological polar surface area (TPSA) is 23.8 Å². The maximum atomic E-state index is 13.4.